The van der Waals surface area contributed by atoms with E-state index in [0.717, 1.165) is 0 Å². The molecule has 2 aromatic rings. The Bertz CT molecular complexity index is 761. The van der Waals surface area contributed by atoms with Gasteiger partial charge in [-0.1, -0.05) is 24.3 Å². The lowest BCUT2D eigenvalue weighted by atomic mass is 10.1. The van der Waals surface area contributed by atoms with Crippen molar-refractivity contribution >= 4 is 17.7 Å². The van der Waals surface area contributed by atoms with E-state index in [1.807, 2.05) is 13.0 Å². The maximum Gasteiger partial charge on any atom is 0.266 e. The number of amides is 1. The van der Waals surface area contributed by atoms with E-state index in [1.165, 1.54) is 24.3 Å². The Morgan fingerprint density at radius 2 is 1.96 bits per heavy atom. The van der Waals surface area contributed by atoms with Crippen molar-refractivity contribution in [2.45, 2.75) is 6.92 Å². The highest BCUT2D eigenvalue weighted by atomic mass is 19.1. The summed E-state index contributed by atoms with van der Waals surface area (Å²) in [6.45, 7) is 2.44. The van der Waals surface area contributed by atoms with Crippen LogP contribution in [0.1, 0.15) is 12.5 Å². The largest absolute Gasteiger partial charge is 0.494 e. The minimum atomic E-state index is -0.661. The first-order valence-corrected chi connectivity index (χ1v) is 7.04. The van der Waals surface area contributed by atoms with Crippen LogP contribution in [-0.2, 0) is 4.79 Å². The second-order valence-electron chi connectivity index (χ2n) is 4.61. The highest BCUT2D eigenvalue weighted by Crippen LogP contribution is 2.17. The quantitative estimate of drug-likeness (QED) is 0.675. The molecule has 0 aliphatic heterocycles. The Morgan fingerprint density at radius 1 is 1.26 bits per heavy atom. The molecule has 0 radical (unpaired) electrons. The van der Waals surface area contributed by atoms with Gasteiger partial charge in [0, 0.05) is 0 Å². The molecule has 0 saturated heterocycles. The molecule has 0 fully saturated rings. The Balaban J connectivity index is 2.16. The molecular formula is C18H15FN2O2. The van der Waals surface area contributed by atoms with Crippen molar-refractivity contribution in [3.63, 3.8) is 0 Å². The zero-order valence-electron chi connectivity index (χ0n) is 12.5. The molecule has 0 unspecified atom stereocenters. The van der Waals surface area contributed by atoms with E-state index in [9.17, 15) is 9.18 Å². The number of halogens is 1. The normalized spacial score (nSPS) is 10.7. The van der Waals surface area contributed by atoms with Crippen molar-refractivity contribution in [3.05, 3.63) is 65.5 Å². The van der Waals surface area contributed by atoms with Crippen molar-refractivity contribution in [1.29, 1.82) is 5.26 Å². The summed E-state index contributed by atoms with van der Waals surface area (Å²) in [5, 5.41) is 11.5. The summed E-state index contributed by atoms with van der Waals surface area (Å²) in [4.78, 5) is 12.1. The van der Waals surface area contributed by atoms with Gasteiger partial charge in [-0.3, -0.25) is 4.79 Å². The number of para-hydroxylation sites is 1. The molecule has 1 amide bonds. The number of nitrogens with one attached hydrogen (secondary N) is 1. The number of hydrogen-bond acceptors (Lipinski definition) is 3. The topological polar surface area (TPSA) is 62.1 Å². The van der Waals surface area contributed by atoms with E-state index in [0.29, 0.717) is 17.9 Å². The van der Waals surface area contributed by atoms with E-state index in [2.05, 4.69) is 5.32 Å². The Kier molecular flexibility index (Phi) is 5.48. The predicted molar refractivity (Wildman–Crippen MR) is 86.2 cm³/mol. The van der Waals surface area contributed by atoms with E-state index in [1.54, 1.807) is 30.3 Å². The first-order chi connectivity index (χ1) is 11.1. The summed E-state index contributed by atoms with van der Waals surface area (Å²) < 4.78 is 18.9. The fourth-order valence-corrected chi connectivity index (χ4v) is 1.89. The third-order valence-electron chi connectivity index (χ3n) is 2.99. The molecule has 23 heavy (non-hydrogen) atoms. The molecule has 0 heterocycles. The molecule has 4 nitrogen and oxygen atoms in total. The maximum absolute atomic E-state index is 13.5. The van der Waals surface area contributed by atoms with E-state index in [4.69, 9.17) is 10.00 Å². The van der Waals surface area contributed by atoms with Crippen LogP contribution < -0.4 is 10.1 Å². The van der Waals surface area contributed by atoms with Gasteiger partial charge < -0.3 is 10.1 Å². The molecule has 0 aromatic heterocycles. The average Bonchev–Trinajstić information content (AvgIpc) is 2.56. The summed E-state index contributed by atoms with van der Waals surface area (Å²) in [5.74, 6) is -0.510. The fourth-order valence-electron chi connectivity index (χ4n) is 1.89. The zero-order chi connectivity index (χ0) is 16.7. The van der Waals surface area contributed by atoms with Crippen LogP contribution in [-0.4, -0.2) is 12.5 Å². The fraction of sp³-hybridized carbons (Fsp3) is 0.111. The van der Waals surface area contributed by atoms with E-state index in [-0.39, 0.29) is 11.3 Å². The summed E-state index contributed by atoms with van der Waals surface area (Å²) in [6, 6.07) is 14.6. The maximum atomic E-state index is 13.5. The van der Waals surface area contributed by atoms with Crippen LogP contribution in [0.2, 0.25) is 0 Å². The summed E-state index contributed by atoms with van der Waals surface area (Å²) in [5.41, 5.74) is 0.594. The number of benzene rings is 2. The monoisotopic (exact) mass is 310 g/mol. The van der Waals surface area contributed by atoms with Crippen LogP contribution in [0.5, 0.6) is 5.75 Å². The molecule has 2 rings (SSSR count). The molecule has 0 aliphatic rings. The number of anilines is 1. The second-order valence-corrected chi connectivity index (χ2v) is 4.61. The molecule has 116 valence electrons. The van der Waals surface area contributed by atoms with Crippen molar-refractivity contribution in [1.82, 2.24) is 0 Å². The van der Waals surface area contributed by atoms with Crippen LogP contribution >= 0.6 is 0 Å². The van der Waals surface area contributed by atoms with Gasteiger partial charge in [0.1, 0.15) is 23.2 Å². The smallest absolute Gasteiger partial charge is 0.266 e. The molecule has 0 aliphatic carbocycles. The van der Waals surface area contributed by atoms with Gasteiger partial charge in [-0.2, -0.15) is 5.26 Å². The first-order valence-electron chi connectivity index (χ1n) is 7.04. The third-order valence-corrected chi connectivity index (χ3v) is 2.99. The second kappa shape index (κ2) is 7.76. The van der Waals surface area contributed by atoms with Gasteiger partial charge in [-0.25, -0.2) is 4.39 Å². The van der Waals surface area contributed by atoms with Gasteiger partial charge >= 0.3 is 0 Å². The number of carbonyl (C=O) groups is 1. The van der Waals surface area contributed by atoms with Gasteiger partial charge in [-0.05, 0) is 42.8 Å². The lowest BCUT2D eigenvalue weighted by molar-refractivity contribution is -0.112. The van der Waals surface area contributed by atoms with Crippen molar-refractivity contribution in [2.24, 2.45) is 0 Å². The molecular weight excluding hydrogens is 295 g/mol. The van der Waals surface area contributed by atoms with Crippen LogP contribution in [0.25, 0.3) is 6.08 Å². The molecule has 2 aromatic carbocycles. The number of rotatable bonds is 5. The highest BCUT2D eigenvalue weighted by Gasteiger charge is 2.11. The number of ether oxygens (including phenoxy) is 1. The average molecular weight is 310 g/mol. The highest BCUT2D eigenvalue weighted by molar-refractivity contribution is 6.09. The SMILES string of the molecule is CCOc1ccc(/C=C(\C#N)C(=O)Nc2ccccc2F)cc1. The molecule has 0 atom stereocenters. The van der Waals surface area contributed by atoms with Crippen LogP contribution in [0, 0.1) is 17.1 Å². The van der Waals surface area contributed by atoms with Crippen molar-refractivity contribution in [2.75, 3.05) is 11.9 Å². The molecule has 0 saturated carbocycles. The van der Waals surface area contributed by atoms with Gasteiger partial charge in [0.15, 0.2) is 0 Å². The van der Waals surface area contributed by atoms with Crippen molar-refractivity contribution in [3.8, 4) is 11.8 Å². The van der Waals surface area contributed by atoms with Crippen LogP contribution in [0.4, 0.5) is 10.1 Å². The Morgan fingerprint density at radius 3 is 2.57 bits per heavy atom. The molecule has 0 spiro atoms. The minimum Gasteiger partial charge on any atom is -0.494 e. The Hall–Kier alpha value is -3.13. The van der Waals surface area contributed by atoms with E-state index >= 15 is 0 Å². The van der Waals surface area contributed by atoms with E-state index < -0.39 is 11.7 Å². The van der Waals surface area contributed by atoms with Gasteiger partial charge in [-0.15, -0.1) is 0 Å². The number of carbonyl (C=O) groups excluding carboxylic acids is 1. The number of hydrogen-bond donors (Lipinski definition) is 1. The number of nitrogens with zero attached hydrogens (tertiary/aromatic N) is 1. The summed E-state index contributed by atoms with van der Waals surface area (Å²) in [7, 11) is 0. The lowest BCUT2D eigenvalue weighted by Gasteiger charge is -2.06. The predicted octanol–water partition coefficient (Wildman–Crippen LogP) is 3.77. The first kappa shape index (κ1) is 16.2. The molecule has 1 N–H and O–H groups in total. The van der Waals surface area contributed by atoms with Gasteiger partial charge in [0.2, 0.25) is 0 Å². The van der Waals surface area contributed by atoms with Gasteiger partial charge in [0.05, 0.1) is 12.3 Å². The lowest BCUT2D eigenvalue weighted by Crippen LogP contribution is -2.14. The van der Waals surface area contributed by atoms with Gasteiger partial charge in [0.25, 0.3) is 5.91 Å². The van der Waals surface area contributed by atoms with Crippen LogP contribution in [0.3, 0.4) is 0 Å². The minimum absolute atomic E-state index is 0.0327. The number of nitriles is 1. The molecule has 0 bridgehead atoms. The zero-order valence-corrected chi connectivity index (χ0v) is 12.5. The summed E-state index contributed by atoms with van der Waals surface area (Å²) in [6.07, 6.45) is 1.44. The molecule has 5 heteroatoms. The van der Waals surface area contributed by atoms with Crippen LogP contribution in [0.15, 0.2) is 54.1 Å². The standard InChI is InChI=1S/C18H15FN2O2/c1-2-23-15-9-7-13(8-10-15)11-14(12-20)18(22)21-17-6-4-3-5-16(17)19/h3-11H,2H2,1H3,(H,21,22)/b14-11+. The summed E-state index contributed by atoms with van der Waals surface area (Å²) >= 11 is 0. The Labute approximate surface area is 133 Å². The third kappa shape index (κ3) is 4.42. The van der Waals surface area contributed by atoms with Crippen molar-refractivity contribution < 1.29 is 13.9 Å².